The average Bonchev–Trinajstić information content (AvgIpc) is 3.09. The van der Waals surface area contributed by atoms with E-state index in [2.05, 4.69) is 11.1 Å². The predicted octanol–water partition coefficient (Wildman–Crippen LogP) is 2.93. The normalized spacial score (nSPS) is 11.7. The number of hydrogen-bond acceptors (Lipinski definition) is 3. The van der Waals surface area contributed by atoms with Crippen molar-refractivity contribution in [1.82, 2.24) is 9.38 Å². The van der Waals surface area contributed by atoms with Crippen molar-refractivity contribution in [2.24, 2.45) is 7.05 Å². The number of aryl methyl sites for hydroxylation is 1. The van der Waals surface area contributed by atoms with Crippen molar-refractivity contribution in [2.45, 2.75) is 0 Å². The molecule has 2 aromatic carbocycles. The molecule has 0 unspecified atom stereocenters. The zero-order chi connectivity index (χ0) is 18.7. The number of aromatic nitrogens is 3. The zero-order valence-corrected chi connectivity index (χ0v) is 15.2. The van der Waals surface area contributed by atoms with Gasteiger partial charge in [-0.2, -0.15) is 4.40 Å². The quantitative estimate of drug-likeness (QED) is 0.389. The lowest BCUT2D eigenvalue weighted by atomic mass is 10.1. The van der Waals surface area contributed by atoms with Crippen molar-refractivity contribution < 1.29 is 14.0 Å². The van der Waals surface area contributed by atoms with Crippen LogP contribution in [0, 0.1) is 0 Å². The molecule has 0 aliphatic heterocycles. The van der Waals surface area contributed by atoms with Crippen LogP contribution >= 0.6 is 0 Å². The van der Waals surface area contributed by atoms with Crippen molar-refractivity contribution in [2.75, 3.05) is 14.2 Å². The Balaban J connectivity index is 2.04. The van der Waals surface area contributed by atoms with Crippen molar-refractivity contribution in [3.63, 3.8) is 0 Å². The number of hydrogen-bond donors (Lipinski definition) is 1. The fourth-order valence-electron chi connectivity index (χ4n) is 3.91. The van der Waals surface area contributed by atoms with Gasteiger partial charge in [0.1, 0.15) is 22.6 Å². The fourth-order valence-corrected chi connectivity index (χ4v) is 3.91. The van der Waals surface area contributed by atoms with Gasteiger partial charge >= 0.3 is 11.2 Å². The van der Waals surface area contributed by atoms with Crippen LogP contribution in [-0.4, -0.2) is 23.6 Å². The second-order valence-corrected chi connectivity index (χ2v) is 6.56. The monoisotopic (exact) mass is 360 g/mol. The highest BCUT2D eigenvalue weighted by Crippen LogP contribution is 2.31. The van der Waals surface area contributed by atoms with Crippen molar-refractivity contribution in [1.29, 1.82) is 0 Å². The summed E-state index contributed by atoms with van der Waals surface area (Å²) in [5.74, 6) is 1.13. The van der Waals surface area contributed by atoms with Crippen LogP contribution in [0.15, 0.2) is 53.5 Å². The molecule has 3 aromatic heterocycles. The molecule has 6 heteroatoms. The molecule has 1 N–H and O–H groups in total. The van der Waals surface area contributed by atoms with Crippen LogP contribution in [0.1, 0.15) is 0 Å². The van der Waals surface area contributed by atoms with Gasteiger partial charge in [0, 0.05) is 28.4 Å². The first kappa shape index (κ1) is 15.7. The minimum atomic E-state index is -0.0976. The van der Waals surface area contributed by atoms with E-state index in [4.69, 9.17) is 9.47 Å². The van der Waals surface area contributed by atoms with Crippen LogP contribution in [0.3, 0.4) is 0 Å². The van der Waals surface area contributed by atoms with Gasteiger partial charge in [-0.1, -0.05) is 18.2 Å². The number of fused-ring (bicyclic) bond motifs is 6. The molecule has 5 aromatic rings. The molecule has 0 bridgehead atoms. The van der Waals surface area contributed by atoms with E-state index in [0.29, 0.717) is 16.9 Å². The molecule has 0 fully saturated rings. The topological polar surface area (TPSA) is 59.6 Å². The molecule has 0 aliphatic carbocycles. The summed E-state index contributed by atoms with van der Waals surface area (Å²) in [6, 6.07) is 13.7. The van der Waals surface area contributed by atoms with E-state index in [-0.39, 0.29) is 5.56 Å². The maximum absolute atomic E-state index is 13.2. The molecule has 0 radical (unpaired) electrons. The summed E-state index contributed by atoms with van der Waals surface area (Å²) in [5, 5.41) is 2.79. The van der Waals surface area contributed by atoms with E-state index in [0.717, 1.165) is 33.0 Å². The second-order valence-electron chi connectivity index (χ2n) is 6.56. The van der Waals surface area contributed by atoms with Gasteiger partial charge in [0.05, 0.1) is 21.3 Å². The smallest absolute Gasteiger partial charge is 0.350 e. The van der Waals surface area contributed by atoms with Crippen molar-refractivity contribution >= 4 is 38.4 Å². The standard InChI is InChI=1S/C21H17N3O3/c1-23-16-11-18(27-3)17(26-2)10-14(16)21(25)24-9-8-13-12-6-4-5-7-15(12)22-19(13)20(23)24/h4-11H,1-3H3/p+1. The Kier molecular flexibility index (Phi) is 3.18. The molecule has 0 spiro atoms. The Morgan fingerprint density at radius 2 is 1.70 bits per heavy atom. The summed E-state index contributed by atoms with van der Waals surface area (Å²) in [7, 11) is 5.11. The summed E-state index contributed by atoms with van der Waals surface area (Å²) in [6.45, 7) is 0. The van der Waals surface area contributed by atoms with Gasteiger partial charge < -0.3 is 14.5 Å². The number of ether oxygens (including phenoxy) is 2. The van der Waals surface area contributed by atoms with Crippen LogP contribution < -0.4 is 19.6 Å². The summed E-state index contributed by atoms with van der Waals surface area (Å²) < 4.78 is 14.5. The van der Waals surface area contributed by atoms with E-state index in [1.165, 1.54) is 0 Å². The first-order chi connectivity index (χ1) is 13.1. The Morgan fingerprint density at radius 3 is 2.48 bits per heavy atom. The Labute approximate surface area is 154 Å². The molecule has 0 amide bonds. The van der Waals surface area contributed by atoms with Gasteiger partial charge in [-0.3, -0.25) is 0 Å². The van der Waals surface area contributed by atoms with Gasteiger partial charge in [-0.15, -0.1) is 0 Å². The molecule has 0 aliphatic rings. The number of methoxy groups -OCH3 is 2. The second kappa shape index (κ2) is 5.48. The van der Waals surface area contributed by atoms with E-state index in [9.17, 15) is 4.79 Å². The first-order valence-electron chi connectivity index (χ1n) is 8.63. The lowest BCUT2D eigenvalue weighted by Crippen LogP contribution is -2.37. The highest BCUT2D eigenvalue weighted by molar-refractivity contribution is 6.10. The number of nitrogens with one attached hydrogen (secondary N) is 1. The number of para-hydroxylation sites is 1. The van der Waals surface area contributed by atoms with Crippen LogP contribution in [0.2, 0.25) is 0 Å². The number of benzene rings is 2. The van der Waals surface area contributed by atoms with E-state index in [1.54, 1.807) is 24.7 Å². The summed E-state index contributed by atoms with van der Waals surface area (Å²) in [4.78, 5) is 16.7. The van der Waals surface area contributed by atoms with Crippen molar-refractivity contribution in [3.8, 4) is 11.5 Å². The molecule has 3 heterocycles. The average molecular weight is 360 g/mol. The van der Waals surface area contributed by atoms with Gasteiger partial charge in [0.25, 0.3) is 0 Å². The summed E-state index contributed by atoms with van der Waals surface area (Å²) in [6.07, 6.45) is 1.83. The van der Waals surface area contributed by atoms with E-state index >= 15 is 0 Å². The van der Waals surface area contributed by atoms with Crippen molar-refractivity contribution in [3.05, 3.63) is 59.0 Å². The molecular weight excluding hydrogens is 342 g/mol. The van der Waals surface area contributed by atoms with Crippen LogP contribution in [0.25, 0.3) is 38.4 Å². The molecule has 0 saturated heterocycles. The number of rotatable bonds is 2. The fraction of sp³-hybridized carbons (Fsp3) is 0.143. The predicted molar refractivity (Wildman–Crippen MR) is 105 cm³/mol. The van der Waals surface area contributed by atoms with Crippen LogP contribution in [-0.2, 0) is 7.05 Å². The summed E-state index contributed by atoms with van der Waals surface area (Å²) in [5.41, 5.74) is 3.45. The maximum atomic E-state index is 13.2. The zero-order valence-electron chi connectivity index (χ0n) is 15.2. The molecule has 27 heavy (non-hydrogen) atoms. The van der Waals surface area contributed by atoms with Crippen LogP contribution in [0.4, 0.5) is 0 Å². The Hall–Kier alpha value is -3.54. The number of H-pyrrole nitrogens is 1. The third-order valence-electron chi connectivity index (χ3n) is 5.22. The molecule has 6 nitrogen and oxygen atoms in total. The van der Waals surface area contributed by atoms with Crippen LogP contribution in [0.5, 0.6) is 11.5 Å². The maximum Gasteiger partial charge on any atom is 0.350 e. The third kappa shape index (κ3) is 2.01. The molecule has 5 rings (SSSR count). The number of aromatic amines is 1. The third-order valence-corrected chi connectivity index (χ3v) is 5.22. The van der Waals surface area contributed by atoms with Gasteiger partial charge in [-0.25, -0.2) is 9.36 Å². The lowest BCUT2D eigenvalue weighted by molar-refractivity contribution is -0.620. The molecule has 0 saturated carbocycles. The Morgan fingerprint density at radius 1 is 0.963 bits per heavy atom. The minimum Gasteiger partial charge on any atom is -0.493 e. The van der Waals surface area contributed by atoms with E-state index in [1.807, 2.05) is 48.1 Å². The van der Waals surface area contributed by atoms with E-state index < -0.39 is 0 Å². The first-order valence-corrected chi connectivity index (χ1v) is 8.63. The Bertz CT molecular complexity index is 1430. The highest BCUT2D eigenvalue weighted by atomic mass is 16.5. The highest BCUT2D eigenvalue weighted by Gasteiger charge is 2.22. The molecule has 134 valence electrons. The molecular formula is C21H18N3O3+. The van der Waals surface area contributed by atoms with Gasteiger partial charge in [0.2, 0.25) is 0 Å². The molecule has 0 atom stereocenters. The SMILES string of the molecule is COc1cc2c(=O)n3ccc4c5ccccc5[nH]c4c3[n+](C)c2cc1OC. The summed E-state index contributed by atoms with van der Waals surface area (Å²) >= 11 is 0. The lowest BCUT2D eigenvalue weighted by Gasteiger charge is -2.10. The van der Waals surface area contributed by atoms with Gasteiger partial charge in [0.15, 0.2) is 11.5 Å². The number of nitrogens with zero attached hydrogens (tertiary/aromatic N) is 2. The minimum absolute atomic E-state index is 0.0976. The van der Waals surface area contributed by atoms with Gasteiger partial charge in [-0.05, 0) is 12.1 Å². The largest absolute Gasteiger partial charge is 0.493 e. The number of pyridine rings is 1.